The first kappa shape index (κ1) is 9.70. The molecule has 5 heteroatoms. The summed E-state index contributed by atoms with van der Waals surface area (Å²) in [6.45, 7) is 1.01. The van der Waals surface area contributed by atoms with Crippen molar-refractivity contribution in [3.63, 3.8) is 0 Å². The zero-order chi connectivity index (χ0) is 11.6. The summed E-state index contributed by atoms with van der Waals surface area (Å²) in [7, 11) is 0. The predicted molar refractivity (Wildman–Crippen MR) is 55.8 cm³/mol. The average Bonchev–Trinajstić information content (AvgIpc) is 3.19. The second-order valence-corrected chi connectivity index (χ2v) is 4.66. The standard InChI is InChI=1S/C12H12O5/c13-5-1-2-6(14)10-9(5)11-7(16-11)3-15-4-8-12(10)17-8/h1-2,7-8,11-14H,3-4H2. The zero-order valence-electron chi connectivity index (χ0n) is 9.00. The van der Waals surface area contributed by atoms with Crippen LogP contribution in [-0.2, 0) is 14.2 Å². The van der Waals surface area contributed by atoms with Crippen LogP contribution < -0.4 is 0 Å². The molecular formula is C12H12O5. The van der Waals surface area contributed by atoms with Gasteiger partial charge < -0.3 is 24.4 Å². The van der Waals surface area contributed by atoms with Gasteiger partial charge in [0.1, 0.15) is 35.9 Å². The molecule has 4 unspecified atom stereocenters. The summed E-state index contributed by atoms with van der Waals surface area (Å²) in [5, 5.41) is 19.9. The van der Waals surface area contributed by atoms with Crippen LogP contribution in [0.4, 0.5) is 0 Å². The number of hydrogen-bond acceptors (Lipinski definition) is 5. The first-order valence-electron chi connectivity index (χ1n) is 5.69. The van der Waals surface area contributed by atoms with Crippen LogP contribution in [0.15, 0.2) is 12.1 Å². The van der Waals surface area contributed by atoms with Crippen molar-refractivity contribution in [2.75, 3.05) is 13.2 Å². The van der Waals surface area contributed by atoms with Gasteiger partial charge in [-0.2, -0.15) is 0 Å². The Morgan fingerprint density at radius 3 is 1.82 bits per heavy atom. The van der Waals surface area contributed by atoms with E-state index in [0.717, 1.165) is 0 Å². The van der Waals surface area contributed by atoms with Gasteiger partial charge >= 0.3 is 0 Å². The fraction of sp³-hybridized carbons (Fsp3) is 0.500. The third-order valence-corrected chi connectivity index (χ3v) is 3.54. The van der Waals surface area contributed by atoms with Crippen molar-refractivity contribution in [3.05, 3.63) is 23.3 Å². The van der Waals surface area contributed by atoms with E-state index < -0.39 is 0 Å². The Hall–Kier alpha value is -1.30. The van der Waals surface area contributed by atoms with E-state index in [1.165, 1.54) is 12.1 Å². The van der Waals surface area contributed by atoms with Crippen molar-refractivity contribution >= 4 is 0 Å². The van der Waals surface area contributed by atoms with Crippen LogP contribution in [-0.4, -0.2) is 35.6 Å². The second kappa shape index (κ2) is 3.13. The van der Waals surface area contributed by atoms with Crippen LogP contribution in [0.5, 0.6) is 11.5 Å². The van der Waals surface area contributed by atoms with E-state index in [2.05, 4.69) is 0 Å². The Morgan fingerprint density at radius 1 is 0.882 bits per heavy atom. The van der Waals surface area contributed by atoms with E-state index in [0.29, 0.717) is 24.3 Å². The third-order valence-electron chi connectivity index (χ3n) is 3.54. The predicted octanol–water partition coefficient (Wildman–Crippen LogP) is 1.01. The fourth-order valence-electron chi connectivity index (χ4n) is 2.56. The highest BCUT2D eigenvalue weighted by Crippen LogP contribution is 2.54. The van der Waals surface area contributed by atoms with Crippen LogP contribution in [0, 0.1) is 0 Å². The minimum atomic E-state index is -0.181. The zero-order valence-corrected chi connectivity index (χ0v) is 9.00. The summed E-state index contributed by atoms with van der Waals surface area (Å²) >= 11 is 0. The Morgan fingerprint density at radius 2 is 1.35 bits per heavy atom. The SMILES string of the molecule is Oc1ccc(O)c2c1C1OC1COCC1OC21. The minimum absolute atomic E-state index is 0.0149. The normalized spacial score (nSPS) is 37.9. The molecule has 4 atom stereocenters. The number of ether oxygens (including phenoxy) is 3. The molecule has 0 bridgehead atoms. The number of fused-ring (bicyclic) bond motifs is 5. The maximum atomic E-state index is 9.94. The summed E-state index contributed by atoms with van der Waals surface area (Å²) in [6.07, 6.45) is -0.391. The third kappa shape index (κ3) is 1.36. The number of phenols is 2. The van der Waals surface area contributed by atoms with Gasteiger partial charge in [0.2, 0.25) is 0 Å². The summed E-state index contributed by atoms with van der Waals surface area (Å²) < 4.78 is 16.4. The lowest BCUT2D eigenvalue weighted by Gasteiger charge is -2.09. The van der Waals surface area contributed by atoms with E-state index in [4.69, 9.17) is 14.2 Å². The van der Waals surface area contributed by atoms with Gasteiger partial charge in [-0.05, 0) is 12.1 Å². The molecule has 2 N–H and O–H groups in total. The molecule has 0 aromatic heterocycles. The van der Waals surface area contributed by atoms with E-state index in [1.807, 2.05) is 0 Å². The molecule has 17 heavy (non-hydrogen) atoms. The Bertz CT molecular complexity index is 443. The highest BCUT2D eigenvalue weighted by molar-refractivity contribution is 5.53. The first-order chi connectivity index (χ1) is 8.25. The van der Waals surface area contributed by atoms with Gasteiger partial charge in [-0.25, -0.2) is 0 Å². The summed E-state index contributed by atoms with van der Waals surface area (Å²) in [5.74, 6) is 0.308. The largest absolute Gasteiger partial charge is 0.508 e. The molecule has 2 saturated heterocycles. The van der Waals surface area contributed by atoms with E-state index in [1.54, 1.807) is 0 Å². The van der Waals surface area contributed by atoms with E-state index >= 15 is 0 Å². The molecular weight excluding hydrogens is 224 g/mol. The lowest BCUT2D eigenvalue weighted by atomic mass is 9.97. The summed E-state index contributed by atoms with van der Waals surface area (Å²) in [5.41, 5.74) is 1.32. The van der Waals surface area contributed by atoms with E-state index in [9.17, 15) is 10.2 Å². The number of aromatic hydroxyl groups is 2. The number of phenolic OH excluding ortho intramolecular Hbond substituents is 2. The van der Waals surface area contributed by atoms with E-state index in [-0.39, 0.29) is 35.9 Å². The van der Waals surface area contributed by atoms with Crippen LogP contribution in [0.3, 0.4) is 0 Å². The van der Waals surface area contributed by atoms with Gasteiger partial charge in [0.15, 0.2) is 0 Å². The van der Waals surface area contributed by atoms with Crippen molar-refractivity contribution < 1.29 is 24.4 Å². The average molecular weight is 236 g/mol. The minimum Gasteiger partial charge on any atom is -0.508 e. The fourth-order valence-corrected chi connectivity index (χ4v) is 2.56. The van der Waals surface area contributed by atoms with Gasteiger partial charge in [-0.1, -0.05) is 0 Å². The lowest BCUT2D eigenvalue weighted by molar-refractivity contribution is 0.102. The molecule has 0 saturated carbocycles. The number of rotatable bonds is 0. The molecule has 0 spiro atoms. The van der Waals surface area contributed by atoms with Crippen LogP contribution in [0.2, 0.25) is 0 Å². The molecule has 0 aliphatic carbocycles. The van der Waals surface area contributed by atoms with Gasteiger partial charge in [0.25, 0.3) is 0 Å². The summed E-state index contributed by atoms with van der Waals surface area (Å²) in [4.78, 5) is 0. The molecule has 4 rings (SSSR count). The summed E-state index contributed by atoms with van der Waals surface area (Å²) in [6, 6.07) is 2.98. The van der Waals surface area contributed by atoms with Crippen LogP contribution in [0.25, 0.3) is 0 Å². The van der Waals surface area contributed by atoms with Crippen molar-refractivity contribution in [1.29, 1.82) is 0 Å². The highest BCUT2D eigenvalue weighted by atomic mass is 16.6. The second-order valence-electron chi connectivity index (χ2n) is 4.66. The smallest absolute Gasteiger partial charge is 0.122 e. The van der Waals surface area contributed by atoms with Gasteiger partial charge in [-0.15, -0.1) is 0 Å². The number of hydrogen-bond donors (Lipinski definition) is 2. The number of epoxide rings is 2. The topological polar surface area (TPSA) is 74.8 Å². The monoisotopic (exact) mass is 236 g/mol. The molecule has 3 heterocycles. The molecule has 5 nitrogen and oxygen atoms in total. The Balaban J connectivity index is 1.87. The quantitative estimate of drug-likeness (QED) is 0.519. The Labute approximate surface area is 97.5 Å². The molecule has 90 valence electrons. The van der Waals surface area contributed by atoms with Crippen LogP contribution >= 0.6 is 0 Å². The molecule has 3 aliphatic heterocycles. The molecule has 3 aliphatic rings. The lowest BCUT2D eigenvalue weighted by Crippen LogP contribution is -2.06. The van der Waals surface area contributed by atoms with Gasteiger partial charge in [0.05, 0.1) is 13.2 Å². The van der Waals surface area contributed by atoms with Crippen molar-refractivity contribution in [1.82, 2.24) is 0 Å². The Kier molecular flexibility index (Phi) is 1.79. The molecule has 0 radical (unpaired) electrons. The highest BCUT2D eigenvalue weighted by Gasteiger charge is 2.51. The molecule has 1 aromatic carbocycles. The molecule has 1 aromatic rings. The van der Waals surface area contributed by atoms with Crippen molar-refractivity contribution in [2.24, 2.45) is 0 Å². The molecule has 0 amide bonds. The maximum absolute atomic E-state index is 9.94. The van der Waals surface area contributed by atoms with Gasteiger partial charge in [-0.3, -0.25) is 0 Å². The van der Waals surface area contributed by atoms with Crippen molar-refractivity contribution in [2.45, 2.75) is 24.4 Å². The van der Waals surface area contributed by atoms with Crippen LogP contribution in [0.1, 0.15) is 23.3 Å². The first-order valence-corrected chi connectivity index (χ1v) is 5.69. The van der Waals surface area contributed by atoms with Gasteiger partial charge in [0, 0.05) is 11.1 Å². The molecule has 2 fully saturated rings. The maximum Gasteiger partial charge on any atom is 0.122 e. The van der Waals surface area contributed by atoms with Crippen molar-refractivity contribution in [3.8, 4) is 11.5 Å². The number of benzene rings is 1.